The van der Waals surface area contributed by atoms with Gasteiger partial charge in [0.2, 0.25) is 0 Å². The number of alkyl halides is 3. The smallest absolute Gasteiger partial charge is 0.391 e. The van der Waals surface area contributed by atoms with Gasteiger partial charge in [-0.2, -0.15) is 23.4 Å². The van der Waals surface area contributed by atoms with Gasteiger partial charge in [0, 0.05) is 31.3 Å². The van der Waals surface area contributed by atoms with E-state index in [0.29, 0.717) is 11.3 Å². The lowest BCUT2D eigenvalue weighted by Crippen LogP contribution is -2.30. The first-order chi connectivity index (χ1) is 12.7. The largest absolute Gasteiger partial charge is 0.416 e. The highest BCUT2D eigenvalue weighted by Crippen LogP contribution is 2.32. The quantitative estimate of drug-likeness (QED) is 0.739. The summed E-state index contributed by atoms with van der Waals surface area (Å²) in [4.78, 5) is 12.0. The Morgan fingerprint density at radius 2 is 1.93 bits per heavy atom. The molecule has 1 aromatic carbocycles. The van der Waals surface area contributed by atoms with E-state index in [1.54, 1.807) is 24.1 Å². The molecule has 0 fully saturated rings. The van der Waals surface area contributed by atoms with Gasteiger partial charge in [-0.1, -0.05) is 18.2 Å². The monoisotopic (exact) mass is 378 g/mol. The number of aliphatic hydroxyl groups excluding tert-OH is 1. The second-order valence-electron chi connectivity index (χ2n) is 6.15. The van der Waals surface area contributed by atoms with Crippen LogP contribution in [0.3, 0.4) is 0 Å². The van der Waals surface area contributed by atoms with Gasteiger partial charge < -0.3 is 5.11 Å². The van der Waals surface area contributed by atoms with Crippen molar-refractivity contribution in [2.75, 3.05) is 0 Å². The Labute approximate surface area is 152 Å². The number of aryl methyl sites for hydroxylation is 1. The normalized spacial score (nSPS) is 12.9. The molecule has 3 aromatic rings. The van der Waals surface area contributed by atoms with Crippen LogP contribution in [0.4, 0.5) is 13.2 Å². The summed E-state index contributed by atoms with van der Waals surface area (Å²) >= 11 is 0. The molecule has 1 atom stereocenters. The fourth-order valence-corrected chi connectivity index (χ4v) is 2.78. The summed E-state index contributed by atoms with van der Waals surface area (Å²) in [5.41, 5.74) is -0.123. The third-order valence-electron chi connectivity index (χ3n) is 4.03. The van der Waals surface area contributed by atoms with Crippen molar-refractivity contribution in [2.24, 2.45) is 7.05 Å². The van der Waals surface area contributed by atoms with Crippen LogP contribution < -0.4 is 5.56 Å². The van der Waals surface area contributed by atoms with Gasteiger partial charge in [-0.3, -0.25) is 9.48 Å². The molecule has 1 N–H and O–H groups in total. The molecule has 27 heavy (non-hydrogen) atoms. The highest BCUT2D eigenvalue weighted by Gasteiger charge is 2.33. The van der Waals surface area contributed by atoms with Crippen LogP contribution in [-0.2, 0) is 26.2 Å². The first kappa shape index (κ1) is 18.8. The molecule has 0 bridgehead atoms. The average molecular weight is 378 g/mol. The predicted molar refractivity (Wildman–Crippen MR) is 91.9 cm³/mol. The lowest BCUT2D eigenvalue weighted by Gasteiger charge is -2.16. The van der Waals surface area contributed by atoms with E-state index in [1.165, 1.54) is 30.3 Å². The number of halogens is 3. The van der Waals surface area contributed by atoms with Crippen molar-refractivity contribution < 1.29 is 18.3 Å². The fourth-order valence-electron chi connectivity index (χ4n) is 2.78. The first-order valence-electron chi connectivity index (χ1n) is 8.14. The van der Waals surface area contributed by atoms with Crippen LogP contribution in [0.25, 0.3) is 11.3 Å². The molecule has 0 saturated heterocycles. The predicted octanol–water partition coefficient (Wildman–Crippen LogP) is 2.27. The van der Waals surface area contributed by atoms with Gasteiger partial charge in [0.15, 0.2) is 0 Å². The standard InChI is InChI=1S/C18H17F3N4O2/c1-24-10-13(9-22-24)16-6-7-17(27)25(23-16)11-14(26)8-12-4-2-3-5-15(12)18(19,20)21/h2-7,9-10,14,26H,8,11H2,1H3. The minimum atomic E-state index is -4.51. The number of hydrogen-bond acceptors (Lipinski definition) is 4. The van der Waals surface area contributed by atoms with Gasteiger partial charge in [0.25, 0.3) is 5.56 Å². The zero-order valence-electron chi connectivity index (χ0n) is 14.4. The lowest BCUT2D eigenvalue weighted by atomic mass is 10.0. The van der Waals surface area contributed by atoms with Crippen molar-refractivity contribution in [1.29, 1.82) is 0 Å². The van der Waals surface area contributed by atoms with E-state index >= 15 is 0 Å². The maximum atomic E-state index is 13.1. The molecule has 0 aliphatic rings. The number of aliphatic hydroxyl groups is 1. The van der Waals surface area contributed by atoms with E-state index in [4.69, 9.17) is 0 Å². The van der Waals surface area contributed by atoms with Gasteiger partial charge >= 0.3 is 6.18 Å². The van der Waals surface area contributed by atoms with Gasteiger partial charge in [-0.05, 0) is 17.7 Å². The fraction of sp³-hybridized carbons (Fsp3) is 0.278. The first-order valence-corrected chi connectivity index (χ1v) is 8.14. The van der Waals surface area contributed by atoms with Crippen molar-refractivity contribution in [2.45, 2.75) is 25.2 Å². The van der Waals surface area contributed by atoms with Crippen molar-refractivity contribution in [3.63, 3.8) is 0 Å². The second kappa shape index (κ2) is 7.36. The molecule has 1 unspecified atom stereocenters. The maximum absolute atomic E-state index is 13.1. The second-order valence-corrected chi connectivity index (χ2v) is 6.15. The Balaban J connectivity index is 1.81. The molecule has 0 saturated carbocycles. The highest BCUT2D eigenvalue weighted by atomic mass is 19.4. The summed E-state index contributed by atoms with van der Waals surface area (Å²) in [6.45, 7) is -0.223. The van der Waals surface area contributed by atoms with E-state index in [9.17, 15) is 23.1 Å². The van der Waals surface area contributed by atoms with Gasteiger partial charge in [-0.25, -0.2) is 4.68 Å². The summed E-state index contributed by atoms with van der Waals surface area (Å²) < 4.78 is 41.8. The van der Waals surface area contributed by atoms with E-state index in [2.05, 4.69) is 10.2 Å². The van der Waals surface area contributed by atoms with E-state index in [0.717, 1.165) is 10.7 Å². The Kier molecular flexibility index (Phi) is 5.13. The summed E-state index contributed by atoms with van der Waals surface area (Å²) in [6.07, 6.45) is -2.67. The molecule has 9 heteroatoms. The molecule has 0 amide bonds. The summed E-state index contributed by atoms with van der Waals surface area (Å²) in [6, 6.07) is 7.88. The Hall–Kier alpha value is -2.94. The third kappa shape index (κ3) is 4.43. The van der Waals surface area contributed by atoms with Crippen molar-refractivity contribution in [3.8, 4) is 11.3 Å². The van der Waals surface area contributed by atoms with Gasteiger partial charge in [-0.15, -0.1) is 0 Å². The lowest BCUT2D eigenvalue weighted by molar-refractivity contribution is -0.138. The maximum Gasteiger partial charge on any atom is 0.416 e. The average Bonchev–Trinajstić information content (AvgIpc) is 3.03. The number of hydrogen-bond donors (Lipinski definition) is 1. The number of rotatable bonds is 5. The minimum Gasteiger partial charge on any atom is -0.391 e. The van der Waals surface area contributed by atoms with Crippen LogP contribution in [0.5, 0.6) is 0 Å². The van der Waals surface area contributed by atoms with Crippen LogP contribution in [0.1, 0.15) is 11.1 Å². The SMILES string of the molecule is Cn1cc(-c2ccc(=O)n(CC(O)Cc3ccccc3C(F)(F)F)n2)cn1. The number of benzene rings is 1. The highest BCUT2D eigenvalue weighted by molar-refractivity contribution is 5.55. The molecule has 6 nitrogen and oxygen atoms in total. The summed E-state index contributed by atoms with van der Waals surface area (Å²) in [5.74, 6) is 0. The summed E-state index contributed by atoms with van der Waals surface area (Å²) in [5, 5.41) is 18.5. The zero-order valence-corrected chi connectivity index (χ0v) is 14.4. The van der Waals surface area contributed by atoms with Crippen LogP contribution in [-0.4, -0.2) is 30.8 Å². The Morgan fingerprint density at radius 3 is 2.59 bits per heavy atom. The number of aromatic nitrogens is 4. The Bertz CT molecular complexity index is 995. The molecule has 2 heterocycles. The number of nitrogens with zero attached hydrogens (tertiary/aromatic N) is 4. The minimum absolute atomic E-state index is 0.0334. The van der Waals surface area contributed by atoms with E-state index in [-0.39, 0.29) is 18.5 Å². The van der Waals surface area contributed by atoms with Gasteiger partial charge in [0.1, 0.15) is 0 Å². The molecule has 0 radical (unpaired) electrons. The van der Waals surface area contributed by atoms with Crippen LogP contribution in [0, 0.1) is 0 Å². The van der Waals surface area contributed by atoms with Crippen LogP contribution in [0.2, 0.25) is 0 Å². The van der Waals surface area contributed by atoms with Gasteiger partial charge in [0.05, 0.1) is 30.1 Å². The molecule has 0 spiro atoms. The zero-order chi connectivity index (χ0) is 19.6. The van der Waals surface area contributed by atoms with E-state index in [1.807, 2.05) is 0 Å². The molecule has 2 aromatic heterocycles. The topological polar surface area (TPSA) is 72.9 Å². The molecule has 0 aliphatic heterocycles. The van der Waals surface area contributed by atoms with Crippen LogP contribution >= 0.6 is 0 Å². The molecular formula is C18H17F3N4O2. The van der Waals surface area contributed by atoms with Crippen molar-refractivity contribution in [3.05, 3.63) is 70.3 Å². The molecule has 0 aliphatic carbocycles. The Morgan fingerprint density at radius 1 is 1.19 bits per heavy atom. The molecule has 3 rings (SSSR count). The molecular weight excluding hydrogens is 361 g/mol. The van der Waals surface area contributed by atoms with Crippen molar-refractivity contribution >= 4 is 0 Å². The van der Waals surface area contributed by atoms with E-state index < -0.39 is 23.4 Å². The van der Waals surface area contributed by atoms with Crippen LogP contribution in [0.15, 0.2) is 53.6 Å². The third-order valence-corrected chi connectivity index (χ3v) is 4.03. The van der Waals surface area contributed by atoms with Crippen molar-refractivity contribution in [1.82, 2.24) is 19.6 Å². The summed E-state index contributed by atoms with van der Waals surface area (Å²) in [7, 11) is 1.74. The molecule has 142 valence electrons.